The van der Waals surface area contributed by atoms with Gasteiger partial charge < -0.3 is 0 Å². The van der Waals surface area contributed by atoms with E-state index in [1.807, 2.05) is 26.1 Å². The van der Waals surface area contributed by atoms with Crippen LogP contribution in [0.4, 0.5) is 0 Å². The number of fused-ring (bicyclic) bond motifs is 1. The van der Waals surface area contributed by atoms with Gasteiger partial charge in [0.05, 0.1) is 11.7 Å². The molecule has 0 aromatic carbocycles. The van der Waals surface area contributed by atoms with Crippen molar-refractivity contribution in [2.24, 2.45) is 0 Å². The molecule has 70 valence electrons. The van der Waals surface area contributed by atoms with Gasteiger partial charge in [0, 0.05) is 17.3 Å². The summed E-state index contributed by atoms with van der Waals surface area (Å²) in [6.07, 6.45) is 4.59. The zero-order chi connectivity index (χ0) is 9.68. The van der Waals surface area contributed by atoms with Crippen molar-refractivity contribution in [1.82, 2.24) is 15.2 Å². The molecule has 3 nitrogen and oxygen atoms in total. The zero-order valence-corrected chi connectivity index (χ0v) is 8.33. The Morgan fingerprint density at radius 2 is 2.08 bits per heavy atom. The van der Waals surface area contributed by atoms with Gasteiger partial charge in [0.2, 0.25) is 0 Å². The van der Waals surface area contributed by atoms with Gasteiger partial charge in [0.25, 0.3) is 0 Å². The zero-order valence-electron chi connectivity index (χ0n) is 8.33. The average molecular weight is 177 g/mol. The molecule has 0 saturated heterocycles. The van der Waals surface area contributed by atoms with Crippen LogP contribution in [0.15, 0.2) is 18.5 Å². The van der Waals surface area contributed by atoms with Crippen LogP contribution in [-0.4, -0.2) is 15.2 Å². The predicted molar refractivity (Wildman–Crippen MR) is 54.6 cm³/mol. The maximum Gasteiger partial charge on any atom is 0.0683 e. The van der Waals surface area contributed by atoms with Gasteiger partial charge in [-0.3, -0.25) is 10.1 Å². The Morgan fingerprint density at radius 1 is 1.31 bits per heavy atom. The standard InChI is InChI=1S/C8H9N3.C2H6/c1-2-7-3-8-6(4-9-7)5-10-11-8;1-2/h3-5H,2H2,1H3,(H,10,11);1-2H3. The molecule has 0 unspecified atom stereocenters. The number of aromatic nitrogens is 3. The van der Waals surface area contributed by atoms with Crippen LogP contribution in [0, 0.1) is 0 Å². The third-order valence-electron chi connectivity index (χ3n) is 1.74. The average Bonchev–Trinajstić information content (AvgIpc) is 2.67. The van der Waals surface area contributed by atoms with Crippen molar-refractivity contribution in [2.75, 3.05) is 0 Å². The molecule has 0 amide bonds. The lowest BCUT2D eigenvalue weighted by Crippen LogP contribution is -1.84. The second kappa shape index (κ2) is 4.60. The monoisotopic (exact) mass is 177 g/mol. The molecular formula is C10H15N3. The van der Waals surface area contributed by atoms with Crippen molar-refractivity contribution in [3.8, 4) is 0 Å². The summed E-state index contributed by atoms with van der Waals surface area (Å²) in [7, 11) is 0. The van der Waals surface area contributed by atoms with Crippen molar-refractivity contribution >= 4 is 10.9 Å². The molecule has 2 rings (SSSR count). The first-order valence-electron chi connectivity index (χ1n) is 4.68. The number of nitrogens with zero attached hydrogens (tertiary/aromatic N) is 2. The van der Waals surface area contributed by atoms with Crippen LogP contribution in [0.3, 0.4) is 0 Å². The minimum atomic E-state index is 0.967. The van der Waals surface area contributed by atoms with Gasteiger partial charge in [-0.25, -0.2) is 0 Å². The largest absolute Gasteiger partial charge is 0.278 e. The van der Waals surface area contributed by atoms with E-state index in [4.69, 9.17) is 0 Å². The summed E-state index contributed by atoms with van der Waals surface area (Å²) in [6, 6.07) is 2.03. The third kappa shape index (κ3) is 2.05. The number of H-pyrrole nitrogens is 1. The minimum absolute atomic E-state index is 0.967. The van der Waals surface area contributed by atoms with Gasteiger partial charge in [-0.15, -0.1) is 0 Å². The van der Waals surface area contributed by atoms with Crippen LogP contribution in [0.1, 0.15) is 26.5 Å². The van der Waals surface area contributed by atoms with Crippen molar-refractivity contribution in [3.05, 3.63) is 24.2 Å². The molecule has 0 aliphatic rings. The molecule has 2 aromatic rings. The van der Waals surface area contributed by atoms with E-state index in [9.17, 15) is 0 Å². The third-order valence-corrected chi connectivity index (χ3v) is 1.74. The summed E-state index contributed by atoms with van der Waals surface area (Å²) < 4.78 is 0. The Balaban J connectivity index is 0.000000396. The molecule has 0 saturated carbocycles. The second-order valence-electron chi connectivity index (χ2n) is 2.49. The minimum Gasteiger partial charge on any atom is -0.278 e. The second-order valence-corrected chi connectivity index (χ2v) is 2.49. The van der Waals surface area contributed by atoms with E-state index in [0.717, 1.165) is 23.0 Å². The molecule has 1 N–H and O–H groups in total. The molecule has 0 spiro atoms. The number of rotatable bonds is 1. The van der Waals surface area contributed by atoms with E-state index in [-0.39, 0.29) is 0 Å². The van der Waals surface area contributed by atoms with Gasteiger partial charge in [0.1, 0.15) is 0 Å². The lowest BCUT2D eigenvalue weighted by atomic mass is 10.2. The van der Waals surface area contributed by atoms with Crippen LogP contribution >= 0.6 is 0 Å². The van der Waals surface area contributed by atoms with Gasteiger partial charge in [-0.05, 0) is 12.5 Å². The summed E-state index contributed by atoms with van der Waals surface area (Å²) in [5.41, 5.74) is 2.17. The first-order valence-corrected chi connectivity index (χ1v) is 4.68. The summed E-state index contributed by atoms with van der Waals surface area (Å²) >= 11 is 0. The number of aromatic amines is 1. The van der Waals surface area contributed by atoms with Crippen molar-refractivity contribution < 1.29 is 0 Å². The lowest BCUT2D eigenvalue weighted by Gasteiger charge is -1.93. The quantitative estimate of drug-likeness (QED) is 0.727. The molecular weight excluding hydrogens is 162 g/mol. The number of nitrogens with one attached hydrogen (secondary N) is 1. The fourth-order valence-corrected chi connectivity index (χ4v) is 1.07. The Morgan fingerprint density at radius 3 is 2.77 bits per heavy atom. The first-order chi connectivity index (χ1) is 6.40. The van der Waals surface area contributed by atoms with Crippen LogP contribution in [0.5, 0.6) is 0 Å². The predicted octanol–water partition coefficient (Wildman–Crippen LogP) is 2.55. The van der Waals surface area contributed by atoms with Gasteiger partial charge in [-0.2, -0.15) is 5.10 Å². The van der Waals surface area contributed by atoms with Crippen LogP contribution in [0.25, 0.3) is 10.9 Å². The maximum absolute atomic E-state index is 4.24. The van der Waals surface area contributed by atoms with Crippen molar-refractivity contribution in [1.29, 1.82) is 0 Å². The Bertz CT molecular complexity index is 365. The normalized spacial score (nSPS) is 9.46. The highest BCUT2D eigenvalue weighted by Gasteiger charge is 1.96. The van der Waals surface area contributed by atoms with Gasteiger partial charge in [-0.1, -0.05) is 20.8 Å². The fraction of sp³-hybridized carbons (Fsp3) is 0.400. The maximum atomic E-state index is 4.24. The van der Waals surface area contributed by atoms with E-state index in [1.54, 1.807) is 6.20 Å². The first kappa shape index (κ1) is 9.71. The van der Waals surface area contributed by atoms with Gasteiger partial charge >= 0.3 is 0 Å². The number of pyridine rings is 1. The van der Waals surface area contributed by atoms with Gasteiger partial charge in [0.15, 0.2) is 0 Å². The number of hydrogen-bond donors (Lipinski definition) is 1. The van der Waals surface area contributed by atoms with Crippen LogP contribution in [-0.2, 0) is 6.42 Å². The lowest BCUT2D eigenvalue weighted by molar-refractivity contribution is 1.04. The highest BCUT2D eigenvalue weighted by Crippen LogP contribution is 2.09. The summed E-state index contributed by atoms with van der Waals surface area (Å²) in [4.78, 5) is 4.24. The van der Waals surface area contributed by atoms with Crippen LogP contribution in [0.2, 0.25) is 0 Å². The number of aryl methyl sites for hydroxylation is 1. The summed E-state index contributed by atoms with van der Waals surface area (Å²) in [5, 5.41) is 7.89. The molecule has 0 radical (unpaired) electrons. The SMILES string of the molecule is CC.CCc1cc2[nH]ncc2cn1. The molecule has 13 heavy (non-hydrogen) atoms. The molecule has 0 fully saturated rings. The van der Waals surface area contributed by atoms with Crippen LogP contribution < -0.4 is 0 Å². The Labute approximate surface area is 78.2 Å². The molecule has 0 bridgehead atoms. The molecule has 2 aromatic heterocycles. The molecule has 0 atom stereocenters. The van der Waals surface area contributed by atoms with Crippen molar-refractivity contribution in [2.45, 2.75) is 27.2 Å². The molecule has 3 heteroatoms. The molecule has 2 heterocycles. The Kier molecular flexibility index (Phi) is 3.43. The fourth-order valence-electron chi connectivity index (χ4n) is 1.07. The van der Waals surface area contributed by atoms with Crippen molar-refractivity contribution in [3.63, 3.8) is 0 Å². The smallest absolute Gasteiger partial charge is 0.0683 e. The number of hydrogen-bond acceptors (Lipinski definition) is 2. The highest BCUT2D eigenvalue weighted by atomic mass is 15.1. The molecule has 0 aliphatic carbocycles. The van der Waals surface area contributed by atoms with E-state index < -0.39 is 0 Å². The molecule has 0 aliphatic heterocycles. The van der Waals surface area contributed by atoms with E-state index >= 15 is 0 Å². The van der Waals surface area contributed by atoms with E-state index in [1.165, 1.54) is 0 Å². The van der Waals surface area contributed by atoms with E-state index in [2.05, 4.69) is 22.1 Å². The topological polar surface area (TPSA) is 41.6 Å². The highest BCUT2D eigenvalue weighted by molar-refractivity contribution is 5.76. The Hall–Kier alpha value is -1.38. The van der Waals surface area contributed by atoms with E-state index in [0.29, 0.717) is 0 Å². The summed E-state index contributed by atoms with van der Waals surface area (Å²) in [6.45, 7) is 6.09. The summed E-state index contributed by atoms with van der Waals surface area (Å²) in [5.74, 6) is 0.